The van der Waals surface area contributed by atoms with Crippen LogP contribution in [-0.4, -0.2) is 16.8 Å². The Hall–Kier alpha value is -2.23. The molecule has 4 nitrogen and oxygen atoms in total. The molecule has 2 aromatic rings. The Kier molecular flexibility index (Phi) is 3.22. The number of aryl methyl sites for hydroxylation is 1. The predicted molar refractivity (Wildman–Crippen MR) is 77.3 cm³/mol. The molecule has 0 amide bonds. The van der Waals surface area contributed by atoms with Crippen LogP contribution in [0.1, 0.15) is 18.5 Å². The van der Waals surface area contributed by atoms with Gasteiger partial charge in [-0.15, -0.1) is 0 Å². The van der Waals surface area contributed by atoms with E-state index in [0.29, 0.717) is 11.1 Å². The Bertz CT molecular complexity index is 686. The van der Waals surface area contributed by atoms with E-state index in [9.17, 15) is 9.90 Å². The molecular weight excluding hydrogens is 254 g/mol. The van der Waals surface area contributed by atoms with Crippen LogP contribution in [0, 0.1) is 0 Å². The molecule has 0 atom stereocenters. The molecule has 1 aliphatic heterocycles. The molecule has 0 fully saturated rings. The minimum Gasteiger partial charge on any atom is -0.507 e. The lowest BCUT2D eigenvalue weighted by molar-refractivity contribution is 0.415. The van der Waals surface area contributed by atoms with Gasteiger partial charge in [-0.25, -0.2) is 0 Å². The van der Waals surface area contributed by atoms with Crippen LogP contribution in [0.4, 0.5) is 0 Å². The molecule has 0 spiro atoms. The van der Waals surface area contributed by atoms with E-state index < -0.39 is 0 Å². The van der Waals surface area contributed by atoms with Crippen LogP contribution in [0.15, 0.2) is 35.1 Å². The second-order valence-corrected chi connectivity index (χ2v) is 5.04. The van der Waals surface area contributed by atoms with Crippen LogP contribution in [-0.2, 0) is 13.0 Å². The standard InChI is InChI=1S/C16H17NO3/c1-20-13-7-5-11(6-8-13)15-14(18)10-12-4-2-3-9-17(12)16(15)19/h5-8,10,18H,2-4,9H2,1H3. The quantitative estimate of drug-likeness (QED) is 0.913. The molecule has 1 aromatic heterocycles. The minimum atomic E-state index is -0.107. The van der Waals surface area contributed by atoms with Gasteiger partial charge in [0.1, 0.15) is 11.5 Å². The van der Waals surface area contributed by atoms with Gasteiger partial charge >= 0.3 is 0 Å². The molecule has 104 valence electrons. The predicted octanol–water partition coefficient (Wildman–Crippen LogP) is 2.57. The topological polar surface area (TPSA) is 51.5 Å². The number of hydrogen-bond acceptors (Lipinski definition) is 3. The summed E-state index contributed by atoms with van der Waals surface area (Å²) < 4.78 is 6.89. The normalized spacial score (nSPS) is 13.8. The molecule has 1 aliphatic rings. The monoisotopic (exact) mass is 271 g/mol. The van der Waals surface area contributed by atoms with Crippen LogP contribution in [0.5, 0.6) is 11.5 Å². The number of pyridine rings is 1. The van der Waals surface area contributed by atoms with Gasteiger partial charge in [0.2, 0.25) is 0 Å². The number of nitrogens with zero attached hydrogens (tertiary/aromatic N) is 1. The zero-order chi connectivity index (χ0) is 14.1. The molecule has 0 radical (unpaired) electrons. The fourth-order valence-corrected chi connectivity index (χ4v) is 2.74. The number of aromatic nitrogens is 1. The van der Waals surface area contributed by atoms with E-state index in [4.69, 9.17) is 4.74 Å². The lowest BCUT2D eigenvalue weighted by Gasteiger charge is -2.20. The lowest BCUT2D eigenvalue weighted by Crippen LogP contribution is -2.27. The van der Waals surface area contributed by atoms with Gasteiger partial charge in [0.25, 0.3) is 5.56 Å². The second kappa shape index (κ2) is 5.04. The second-order valence-electron chi connectivity index (χ2n) is 5.04. The molecule has 0 unspecified atom stereocenters. The van der Waals surface area contributed by atoms with Gasteiger partial charge in [0.15, 0.2) is 0 Å². The van der Waals surface area contributed by atoms with Crippen LogP contribution in [0.3, 0.4) is 0 Å². The highest BCUT2D eigenvalue weighted by molar-refractivity contribution is 5.70. The van der Waals surface area contributed by atoms with Crippen molar-refractivity contribution in [3.63, 3.8) is 0 Å². The number of methoxy groups -OCH3 is 1. The molecule has 0 saturated heterocycles. The van der Waals surface area contributed by atoms with Crippen molar-refractivity contribution in [2.45, 2.75) is 25.8 Å². The molecule has 0 aliphatic carbocycles. The summed E-state index contributed by atoms with van der Waals surface area (Å²) in [5.74, 6) is 0.791. The Morgan fingerprint density at radius 3 is 2.65 bits per heavy atom. The van der Waals surface area contributed by atoms with E-state index >= 15 is 0 Å². The summed E-state index contributed by atoms with van der Waals surface area (Å²) in [7, 11) is 1.60. The van der Waals surface area contributed by atoms with Crippen molar-refractivity contribution in [3.8, 4) is 22.6 Å². The van der Waals surface area contributed by atoms with Crippen molar-refractivity contribution in [2.75, 3.05) is 7.11 Å². The molecule has 0 saturated carbocycles. The van der Waals surface area contributed by atoms with Crippen molar-refractivity contribution in [3.05, 3.63) is 46.4 Å². The molecule has 20 heavy (non-hydrogen) atoms. The maximum absolute atomic E-state index is 12.6. The molecule has 3 rings (SSSR count). The third-order valence-corrected chi connectivity index (χ3v) is 3.81. The number of benzene rings is 1. The minimum absolute atomic E-state index is 0.0633. The van der Waals surface area contributed by atoms with E-state index in [1.165, 1.54) is 0 Å². The number of fused-ring (bicyclic) bond motifs is 1. The van der Waals surface area contributed by atoms with E-state index in [1.807, 2.05) is 0 Å². The Morgan fingerprint density at radius 2 is 1.95 bits per heavy atom. The van der Waals surface area contributed by atoms with Crippen molar-refractivity contribution in [2.24, 2.45) is 0 Å². The van der Waals surface area contributed by atoms with Crippen molar-refractivity contribution >= 4 is 0 Å². The highest BCUT2D eigenvalue weighted by atomic mass is 16.5. The summed E-state index contributed by atoms with van der Waals surface area (Å²) in [4.78, 5) is 12.6. The van der Waals surface area contributed by atoms with Gasteiger partial charge in [-0.2, -0.15) is 0 Å². The van der Waals surface area contributed by atoms with Gasteiger partial charge in [-0.05, 0) is 37.0 Å². The summed E-state index contributed by atoms with van der Waals surface area (Å²) in [5, 5.41) is 10.2. The van der Waals surface area contributed by atoms with Crippen LogP contribution in [0.2, 0.25) is 0 Å². The van der Waals surface area contributed by atoms with Crippen molar-refractivity contribution in [1.82, 2.24) is 4.57 Å². The maximum Gasteiger partial charge on any atom is 0.262 e. The number of hydrogen-bond donors (Lipinski definition) is 1. The lowest BCUT2D eigenvalue weighted by atomic mass is 10.0. The first-order valence-corrected chi connectivity index (χ1v) is 6.81. The Labute approximate surface area is 117 Å². The summed E-state index contributed by atoms with van der Waals surface area (Å²) in [5.41, 5.74) is 1.91. The van der Waals surface area contributed by atoms with Crippen molar-refractivity contribution < 1.29 is 9.84 Å². The fourth-order valence-electron chi connectivity index (χ4n) is 2.74. The molecular formula is C16H17NO3. The zero-order valence-corrected chi connectivity index (χ0v) is 11.4. The Balaban J connectivity index is 2.15. The first-order valence-electron chi connectivity index (χ1n) is 6.81. The maximum atomic E-state index is 12.6. The summed E-state index contributed by atoms with van der Waals surface area (Å²) in [6.45, 7) is 0.734. The van der Waals surface area contributed by atoms with E-state index in [0.717, 1.165) is 37.3 Å². The third-order valence-electron chi connectivity index (χ3n) is 3.81. The van der Waals surface area contributed by atoms with E-state index in [1.54, 1.807) is 42.0 Å². The van der Waals surface area contributed by atoms with Gasteiger partial charge in [0.05, 0.1) is 12.7 Å². The summed E-state index contributed by atoms with van der Waals surface area (Å²) in [6, 6.07) is 8.90. The highest BCUT2D eigenvalue weighted by Crippen LogP contribution is 2.29. The van der Waals surface area contributed by atoms with Gasteiger partial charge in [0, 0.05) is 18.3 Å². The molecule has 1 aromatic carbocycles. The van der Waals surface area contributed by atoms with Gasteiger partial charge < -0.3 is 14.4 Å². The Morgan fingerprint density at radius 1 is 1.20 bits per heavy atom. The number of aromatic hydroxyl groups is 1. The van der Waals surface area contributed by atoms with Gasteiger partial charge in [-0.3, -0.25) is 4.79 Å². The van der Waals surface area contributed by atoms with Crippen LogP contribution < -0.4 is 10.3 Å². The molecule has 1 N–H and O–H groups in total. The zero-order valence-electron chi connectivity index (χ0n) is 11.4. The fraction of sp³-hybridized carbons (Fsp3) is 0.312. The van der Waals surface area contributed by atoms with Crippen LogP contribution >= 0.6 is 0 Å². The van der Waals surface area contributed by atoms with E-state index in [-0.39, 0.29) is 11.3 Å². The first kappa shape index (κ1) is 12.8. The average Bonchev–Trinajstić information content (AvgIpc) is 2.48. The van der Waals surface area contributed by atoms with Gasteiger partial charge in [-0.1, -0.05) is 12.1 Å². The summed E-state index contributed by atoms with van der Waals surface area (Å²) >= 11 is 0. The molecule has 4 heteroatoms. The smallest absolute Gasteiger partial charge is 0.262 e. The van der Waals surface area contributed by atoms with E-state index in [2.05, 4.69) is 0 Å². The third kappa shape index (κ3) is 2.07. The number of ether oxygens (including phenoxy) is 1. The summed E-state index contributed by atoms with van der Waals surface area (Å²) in [6.07, 6.45) is 2.94. The highest BCUT2D eigenvalue weighted by Gasteiger charge is 2.18. The molecule has 0 bridgehead atoms. The average molecular weight is 271 g/mol. The first-order chi connectivity index (χ1) is 9.70. The molecule has 2 heterocycles. The van der Waals surface area contributed by atoms with Crippen molar-refractivity contribution in [1.29, 1.82) is 0 Å². The van der Waals surface area contributed by atoms with Crippen LogP contribution in [0.25, 0.3) is 11.1 Å². The largest absolute Gasteiger partial charge is 0.507 e. The number of rotatable bonds is 2. The SMILES string of the molecule is COc1ccc(-c2c(O)cc3n(c2=O)CCCC3)cc1.